The third kappa shape index (κ3) is 3.64. The molecule has 32 heavy (non-hydrogen) atoms. The number of amides is 1. The Morgan fingerprint density at radius 3 is 2.44 bits per heavy atom. The fraction of sp³-hybridized carbons (Fsp3) is 0.192. The van der Waals surface area contributed by atoms with E-state index in [1.165, 1.54) is 5.56 Å². The molecule has 0 spiro atoms. The maximum atomic E-state index is 12.6. The van der Waals surface area contributed by atoms with Crippen molar-refractivity contribution in [3.63, 3.8) is 0 Å². The Labute approximate surface area is 186 Å². The first-order chi connectivity index (χ1) is 15.6. The molecule has 5 rings (SSSR count). The average Bonchev–Trinajstić information content (AvgIpc) is 3.42. The Balaban J connectivity index is 1.56. The number of ether oxygens (including phenoxy) is 1. The summed E-state index contributed by atoms with van der Waals surface area (Å²) in [6.45, 7) is 2.23. The summed E-state index contributed by atoms with van der Waals surface area (Å²) in [5.74, 6) is 1.53. The van der Waals surface area contributed by atoms with Crippen LogP contribution in [0.2, 0.25) is 0 Å². The van der Waals surface area contributed by atoms with Gasteiger partial charge in [-0.15, -0.1) is 0 Å². The van der Waals surface area contributed by atoms with Gasteiger partial charge < -0.3 is 9.30 Å². The summed E-state index contributed by atoms with van der Waals surface area (Å²) in [5, 5.41) is 6.27. The van der Waals surface area contributed by atoms with Crippen LogP contribution in [-0.2, 0) is 11.3 Å². The number of imidazole rings is 1. The number of aromatic nitrogens is 2. The van der Waals surface area contributed by atoms with Gasteiger partial charge in [-0.2, -0.15) is 5.10 Å². The van der Waals surface area contributed by atoms with Crippen LogP contribution in [0, 0.1) is 0 Å². The molecule has 1 amide bonds. The zero-order valence-corrected chi connectivity index (χ0v) is 18.1. The van der Waals surface area contributed by atoms with E-state index in [0.29, 0.717) is 13.0 Å². The highest BCUT2D eigenvalue weighted by Gasteiger charge is 2.35. The maximum Gasteiger partial charge on any atom is 0.240 e. The Morgan fingerprint density at radius 2 is 1.72 bits per heavy atom. The summed E-state index contributed by atoms with van der Waals surface area (Å²) < 4.78 is 7.48. The summed E-state index contributed by atoms with van der Waals surface area (Å²) in [6.07, 6.45) is 0.601. The van der Waals surface area contributed by atoms with E-state index in [2.05, 4.69) is 22.8 Å². The number of carbonyl (C=O) groups is 1. The number of hydrogen-bond acceptors (Lipinski definition) is 4. The van der Waals surface area contributed by atoms with Crippen molar-refractivity contribution < 1.29 is 9.53 Å². The lowest BCUT2D eigenvalue weighted by Gasteiger charge is -2.21. The smallest absolute Gasteiger partial charge is 0.240 e. The van der Waals surface area contributed by atoms with Crippen molar-refractivity contribution in [3.05, 3.63) is 95.8 Å². The molecule has 0 saturated carbocycles. The molecule has 0 unspecified atom stereocenters. The molecule has 1 aromatic heterocycles. The van der Waals surface area contributed by atoms with Crippen LogP contribution in [0.15, 0.2) is 84.0 Å². The number of fused-ring (bicyclic) bond motifs is 1. The number of rotatable bonds is 5. The van der Waals surface area contributed by atoms with E-state index in [9.17, 15) is 4.79 Å². The van der Waals surface area contributed by atoms with Crippen molar-refractivity contribution in [1.82, 2.24) is 14.6 Å². The summed E-state index contributed by atoms with van der Waals surface area (Å²) in [4.78, 5) is 17.5. The third-order valence-corrected chi connectivity index (χ3v) is 5.82. The number of hydrogen-bond donors (Lipinski definition) is 0. The highest BCUT2D eigenvalue weighted by Crippen LogP contribution is 2.34. The molecule has 160 valence electrons. The van der Waals surface area contributed by atoms with Gasteiger partial charge in [-0.1, -0.05) is 42.5 Å². The van der Waals surface area contributed by atoms with E-state index in [4.69, 9.17) is 14.8 Å². The third-order valence-electron chi connectivity index (χ3n) is 5.82. The minimum absolute atomic E-state index is 0.100. The standard InChI is InChI=1S/C26H24N4O2/c1-18(31)30-25(16-23(28-30)20-12-14-21(32-2)15-13-20)26-27-22-10-6-7-11-24(22)29(26)17-19-8-4-3-5-9-19/h3-15,25H,16-17H2,1-2H3/t25-/m0/s1. The number of carbonyl (C=O) groups excluding carboxylic acids is 1. The molecule has 1 aliphatic rings. The van der Waals surface area contributed by atoms with Gasteiger partial charge in [-0.3, -0.25) is 4.79 Å². The molecule has 0 aliphatic carbocycles. The lowest BCUT2D eigenvalue weighted by Crippen LogP contribution is -2.27. The zero-order chi connectivity index (χ0) is 22.1. The number of benzene rings is 3. The van der Waals surface area contributed by atoms with Crippen molar-refractivity contribution in [2.24, 2.45) is 5.10 Å². The Bertz CT molecular complexity index is 1290. The molecule has 0 radical (unpaired) electrons. The van der Waals surface area contributed by atoms with E-state index < -0.39 is 0 Å². The monoisotopic (exact) mass is 424 g/mol. The second-order valence-corrected chi connectivity index (χ2v) is 7.89. The summed E-state index contributed by atoms with van der Waals surface area (Å²) in [7, 11) is 1.65. The van der Waals surface area contributed by atoms with E-state index in [1.807, 2.05) is 60.7 Å². The normalized spacial score (nSPS) is 15.8. The van der Waals surface area contributed by atoms with Crippen LogP contribution in [-0.4, -0.2) is 33.3 Å². The highest BCUT2D eigenvalue weighted by molar-refractivity contribution is 6.03. The van der Waals surface area contributed by atoms with E-state index >= 15 is 0 Å². The molecule has 1 aliphatic heterocycles. The lowest BCUT2D eigenvalue weighted by molar-refractivity contribution is -0.130. The zero-order valence-electron chi connectivity index (χ0n) is 18.1. The van der Waals surface area contributed by atoms with Crippen LogP contribution in [0.1, 0.15) is 36.3 Å². The van der Waals surface area contributed by atoms with Gasteiger partial charge in [0.05, 0.1) is 23.9 Å². The van der Waals surface area contributed by atoms with Gasteiger partial charge >= 0.3 is 0 Å². The molecule has 3 aromatic carbocycles. The molecule has 2 heterocycles. The maximum absolute atomic E-state index is 12.6. The Hall–Kier alpha value is -3.93. The number of nitrogens with zero attached hydrogens (tertiary/aromatic N) is 4. The second kappa shape index (κ2) is 8.30. The van der Waals surface area contributed by atoms with Crippen molar-refractivity contribution in [2.45, 2.75) is 25.9 Å². The minimum Gasteiger partial charge on any atom is -0.497 e. The van der Waals surface area contributed by atoms with Crippen LogP contribution in [0.25, 0.3) is 11.0 Å². The van der Waals surface area contributed by atoms with E-state index in [1.54, 1.807) is 19.0 Å². The Kier molecular flexibility index (Phi) is 5.19. The molecule has 0 bridgehead atoms. The van der Waals surface area contributed by atoms with Gasteiger partial charge in [0.15, 0.2) is 0 Å². The van der Waals surface area contributed by atoms with Crippen molar-refractivity contribution in [1.29, 1.82) is 0 Å². The van der Waals surface area contributed by atoms with Gasteiger partial charge in [0, 0.05) is 19.9 Å². The average molecular weight is 425 g/mol. The van der Waals surface area contributed by atoms with Crippen LogP contribution in [0.4, 0.5) is 0 Å². The molecule has 0 saturated heterocycles. The molecular weight excluding hydrogens is 400 g/mol. The van der Waals surface area contributed by atoms with Gasteiger partial charge in [0.1, 0.15) is 17.6 Å². The van der Waals surface area contributed by atoms with Crippen molar-refractivity contribution in [2.75, 3.05) is 7.11 Å². The van der Waals surface area contributed by atoms with Gasteiger partial charge in [0.2, 0.25) is 5.91 Å². The van der Waals surface area contributed by atoms with Crippen LogP contribution in [0.5, 0.6) is 5.75 Å². The van der Waals surface area contributed by atoms with Crippen molar-refractivity contribution >= 4 is 22.7 Å². The lowest BCUT2D eigenvalue weighted by atomic mass is 10.0. The molecular formula is C26H24N4O2. The first kappa shape index (κ1) is 20.0. The molecule has 0 N–H and O–H groups in total. The number of methoxy groups -OCH3 is 1. The SMILES string of the molecule is COc1ccc(C2=NN(C(C)=O)[C@H](c3nc4ccccc4n3Cc3ccccc3)C2)cc1. The van der Waals surface area contributed by atoms with Crippen LogP contribution in [0.3, 0.4) is 0 Å². The minimum atomic E-state index is -0.263. The van der Waals surface area contributed by atoms with Crippen LogP contribution < -0.4 is 4.74 Å². The summed E-state index contributed by atoms with van der Waals surface area (Å²) >= 11 is 0. The van der Waals surface area contributed by atoms with Gasteiger partial charge in [-0.05, 0) is 47.5 Å². The van der Waals surface area contributed by atoms with Crippen LogP contribution >= 0.6 is 0 Å². The van der Waals surface area contributed by atoms with E-state index in [0.717, 1.165) is 33.9 Å². The van der Waals surface area contributed by atoms with Gasteiger partial charge in [-0.25, -0.2) is 9.99 Å². The topological polar surface area (TPSA) is 59.7 Å². The molecule has 6 heteroatoms. The molecule has 1 atom stereocenters. The number of hydrazone groups is 1. The van der Waals surface area contributed by atoms with E-state index in [-0.39, 0.29) is 11.9 Å². The highest BCUT2D eigenvalue weighted by atomic mass is 16.5. The predicted molar refractivity (Wildman–Crippen MR) is 125 cm³/mol. The van der Waals surface area contributed by atoms with Crippen molar-refractivity contribution in [3.8, 4) is 5.75 Å². The molecule has 6 nitrogen and oxygen atoms in total. The fourth-order valence-electron chi connectivity index (χ4n) is 4.24. The van der Waals surface area contributed by atoms with Gasteiger partial charge in [0.25, 0.3) is 0 Å². The molecule has 0 fully saturated rings. The fourth-order valence-corrected chi connectivity index (χ4v) is 4.24. The Morgan fingerprint density at radius 1 is 1.00 bits per heavy atom. The largest absolute Gasteiger partial charge is 0.497 e. The first-order valence-corrected chi connectivity index (χ1v) is 10.6. The quantitative estimate of drug-likeness (QED) is 0.463. The molecule has 4 aromatic rings. The second-order valence-electron chi connectivity index (χ2n) is 7.89. The predicted octanol–water partition coefficient (Wildman–Crippen LogP) is 4.79. The first-order valence-electron chi connectivity index (χ1n) is 10.6. The summed E-state index contributed by atoms with van der Waals surface area (Å²) in [6, 6.07) is 25.9. The number of para-hydroxylation sites is 2. The summed E-state index contributed by atoms with van der Waals surface area (Å²) in [5.41, 5.74) is 4.99.